The van der Waals surface area contributed by atoms with Crippen LogP contribution in [0.2, 0.25) is 0 Å². The Kier molecular flexibility index (Phi) is 5.53. The van der Waals surface area contributed by atoms with Crippen LogP contribution in [0.4, 0.5) is 5.69 Å². The van der Waals surface area contributed by atoms with Gasteiger partial charge in [-0.2, -0.15) is 0 Å². The molecule has 0 bridgehead atoms. The highest BCUT2D eigenvalue weighted by molar-refractivity contribution is 5.73. The summed E-state index contributed by atoms with van der Waals surface area (Å²) in [5.41, 5.74) is 0.512. The van der Waals surface area contributed by atoms with Gasteiger partial charge in [0.1, 0.15) is 0 Å². The summed E-state index contributed by atoms with van der Waals surface area (Å²) >= 11 is 0. The van der Waals surface area contributed by atoms with E-state index in [0.717, 1.165) is 0 Å². The number of ether oxygens (including phenoxy) is 2. The van der Waals surface area contributed by atoms with Gasteiger partial charge >= 0.3 is 11.7 Å². The molecule has 6 nitrogen and oxygen atoms in total. The second kappa shape index (κ2) is 7.15. The summed E-state index contributed by atoms with van der Waals surface area (Å²) in [4.78, 5) is 21.4. The Morgan fingerprint density at radius 1 is 1.47 bits per heavy atom. The molecule has 0 saturated heterocycles. The van der Waals surface area contributed by atoms with Gasteiger partial charge in [-0.15, -0.1) is 0 Å². The molecule has 0 aliphatic heterocycles. The molecule has 0 heterocycles. The molecule has 0 amide bonds. The average Bonchev–Trinajstić information content (AvgIpc) is 2.38. The molecule has 102 valence electrons. The number of nitrogens with zero attached hydrogens (tertiary/aromatic N) is 1. The van der Waals surface area contributed by atoms with Gasteiger partial charge in [0.15, 0.2) is 5.75 Å². The number of hydrogen-bond donors (Lipinski definition) is 0. The van der Waals surface area contributed by atoms with E-state index >= 15 is 0 Å². The SMILES string of the molecule is CCOC(=O)CC=Cc1ccc(OC)c([N+](=O)[O-])c1. The standard InChI is InChI=1S/C13H15NO5/c1-3-19-13(15)6-4-5-10-7-8-12(18-2)11(9-10)14(16)17/h4-5,7-9H,3,6H2,1-2H3. The third kappa shape index (κ3) is 4.42. The lowest BCUT2D eigenvalue weighted by Crippen LogP contribution is -2.01. The number of carbonyl (C=O) groups is 1. The minimum Gasteiger partial charge on any atom is -0.490 e. The molecule has 6 heteroatoms. The molecule has 1 aromatic rings. The number of methoxy groups -OCH3 is 1. The maximum Gasteiger partial charge on any atom is 0.311 e. The molecule has 1 rings (SSSR count). The quantitative estimate of drug-likeness (QED) is 0.448. The molecular formula is C13H15NO5. The van der Waals surface area contributed by atoms with Crippen LogP contribution in [0.15, 0.2) is 24.3 Å². The van der Waals surface area contributed by atoms with E-state index in [4.69, 9.17) is 9.47 Å². The van der Waals surface area contributed by atoms with Crippen molar-refractivity contribution in [2.75, 3.05) is 13.7 Å². The summed E-state index contributed by atoms with van der Waals surface area (Å²) in [5.74, 6) is -0.130. The van der Waals surface area contributed by atoms with Gasteiger partial charge < -0.3 is 9.47 Å². The molecule has 0 unspecified atom stereocenters. The number of carbonyl (C=O) groups excluding carboxylic acids is 1. The van der Waals surface area contributed by atoms with Gasteiger partial charge in [0.25, 0.3) is 0 Å². The Morgan fingerprint density at radius 2 is 2.21 bits per heavy atom. The third-order valence-corrected chi connectivity index (χ3v) is 2.30. The van der Waals surface area contributed by atoms with Crippen molar-refractivity contribution >= 4 is 17.7 Å². The van der Waals surface area contributed by atoms with Crippen LogP contribution in [0.3, 0.4) is 0 Å². The van der Waals surface area contributed by atoms with Crippen molar-refractivity contribution in [1.82, 2.24) is 0 Å². The van der Waals surface area contributed by atoms with E-state index in [2.05, 4.69) is 0 Å². The molecule has 0 aliphatic carbocycles. The van der Waals surface area contributed by atoms with E-state index < -0.39 is 4.92 Å². The van der Waals surface area contributed by atoms with Crippen molar-refractivity contribution in [2.45, 2.75) is 13.3 Å². The number of hydrogen-bond acceptors (Lipinski definition) is 5. The van der Waals surface area contributed by atoms with E-state index in [1.807, 2.05) is 0 Å². The van der Waals surface area contributed by atoms with Gasteiger partial charge in [0.05, 0.1) is 25.1 Å². The zero-order valence-electron chi connectivity index (χ0n) is 10.8. The Balaban J connectivity index is 2.79. The van der Waals surface area contributed by atoms with Crippen molar-refractivity contribution in [1.29, 1.82) is 0 Å². The monoisotopic (exact) mass is 265 g/mol. The molecule has 0 atom stereocenters. The first-order chi connectivity index (χ1) is 9.08. The van der Waals surface area contributed by atoms with E-state index in [1.165, 1.54) is 19.2 Å². The molecule has 0 aromatic heterocycles. The highest BCUT2D eigenvalue weighted by atomic mass is 16.6. The zero-order valence-corrected chi connectivity index (χ0v) is 10.8. The van der Waals surface area contributed by atoms with Gasteiger partial charge in [-0.05, 0) is 18.6 Å². The zero-order chi connectivity index (χ0) is 14.3. The van der Waals surface area contributed by atoms with E-state index in [1.54, 1.807) is 25.1 Å². The lowest BCUT2D eigenvalue weighted by atomic mass is 10.1. The maximum atomic E-state index is 11.1. The maximum absolute atomic E-state index is 11.1. The highest BCUT2D eigenvalue weighted by Gasteiger charge is 2.14. The molecule has 0 N–H and O–H groups in total. The van der Waals surface area contributed by atoms with Gasteiger partial charge in [0.2, 0.25) is 0 Å². The fourth-order valence-electron chi connectivity index (χ4n) is 1.46. The number of benzene rings is 1. The van der Waals surface area contributed by atoms with Gasteiger partial charge in [-0.25, -0.2) is 0 Å². The Bertz CT molecular complexity index is 496. The highest BCUT2D eigenvalue weighted by Crippen LogP contribution is 2.27. The summed E-state index contributed by atoms with van der Waals surface area (Å²) < 4.78 is 9.66. The molecular weight excluding hydrogens is 250 g/mol. The van der Waals surface area contributed by atoms with Crippen molar-refractivity contribution < 1.29 is 19.2 Å². The molecule has 0 radical (unpaired) electrons. The Labute approximate surface area is 110 Å². The smallest absolute Gasteiger partial charge is 0.311 e. The first-order valence-corrected chi connectivity index (χ1v) is 5.73. The second-order valence-corrected chi connectivity index (χ2v) is 3.60. The fraction of sp³-hybridized carbons (Fsp3) is 0.308. The minimum atomic E-state index is -0.512. The molecule has 1 aromatic carbocycles. The van der Waals surface area contributed by atoms with Crippen LogP contribution in [0, 0.1) is 10.1 Å². The number of esters is 1. The fourth-order valence-corrected chi connectivity index (χ4v) is 1.46. The molecule has 0 fully saturated rings. The first-order valence-electron chi connectivity index (χ1n) is 5.73. The first kappa shape index (κ1) is 14.7. The molecule has 19 heavy (non-hydrogen) atoms. The summed E-state index contributed by atoms with van der Waals surface area (Å²) in [6, 6.07) is 4.58. The lowest BCUT2D eigenvalue weighted by Gasteiger charge is -2.02. The van der Waals surface area contributed by atoms with Crippen LogP contribution < -0.4 is 4.74 Å². The predicted octanol–water partition coefficient (Wildman–Crippen LogP) is 2.57. The van der Waals surface area contributed by atoms with Crippen LogP contribution in [0.25, 0.3) is 6.08 Å². The average molecular weight is 265 g/mol. The number of nitro benzene ring substituents is 1. The second-order valence-electron chi connectivity index (χ2n) is 3.60. The van der Waals surface area contributed by atoms with Crippen molar-refractivity contribution in [3.05, 3.63) is 40.0 Å². The van der Waals surface area contributed by atoms with Crippen molar-refractivity contribution in [3.8, 4) is 5.75 Å². The Morgan fingerprint density at radius 3 is 2.79 bits per heavy atom. The predicted molar refractivity (Wildman–Crippen MR) is 69.9 cm³/mol. The van der Waals surface area contributed by atoms with E-state index in [9.17, 15) is 14.9 Å². The normalized spacial score (nSPS) is 10.4. The van der Waals surface area contributed by atoms with Gasteiger partial charge in [-0.1, -0.05) is 18.2 Å². The Hall–Kier alpha value is -2.37. The van der Waals surface area contributed by atoms with Crippen LogP contribution in [0.1, 0.15) is 18.9 Å². The molecule has 0 spiro atoms. The summed E-state index contributed by atoms with van der Waals surface area (Å²) in [6.07, 6.45) is 3.36. The largest absolute Gasteiger partial charge is 0.490 e. The third-order valence-electron chi connectivity index (χ3n) is 2.30. The van der Waals surface area contributed by atoms with E-state index in [-0.39, 0.29) is 23.8 Å². The minimum absolute atomic E-state index is 0.110. The van der Waals surface area contributed by atoms with Crippen LogP contribution in [-0.2, 0) is 9.53 Å². The van der Waals surface area contributed by atoms with E-state index in [0.29, 0.717) is 12.2 Å². The van der Waals surface area contributed by atoms with Crippen molar-refractivity contribution in [2.24, 2.45) is 0 Å². The molecule has 0 aliphatic rings. The van der Waals surface area contributed by atoms with Crippen molar-refractivity contribution in [3.63, 3.8) is 0 Å². The number of nitro groups is 1. The summed E-state index contributed by atoms with van der Waals surface area (Å²) in [7, 11) is 1.37. The molecule has 0 saturated carbocycles. The van der Waals surface area contributed by atoms with Gasteiger partial charge in [-0.3, -0.25) is 14.9 Å². The van der Waals surface area contributed by atoms with Crippen LogP contribution in [0.5, 0.6) is 5.75 Å². The van der Waals surface area contributed by atoms with Crippen LogP contribution in [-0.4, -0.2) is 24.6 Å². The van der Waals surface area contributed by atoms with Gasteiger partial charge in [0, 0.05) is 6.07 Å². The topological polar surface area (TPSA) is 78.7 Å². The van der Waals surface area contributed by atoms with Crippen LogP contribution >= 0.6 is 0 Å². The summed E-state index contributed by atoms with van der Waals surface area (Å²) in [6.45, 7) is 2.06. The lowest BCUT2D eigenvalue weighted by molar-refractivity contribution is -0.385. The number of rotatable bonds is 6. The summed E-state index contributed by atoms with van der Waals surface area (Å²) in [5, 5.41) is 10.8.